The molecule has 2 aromatic rings. The SMILES string of the molecule is FC(F)(F)C1CC1c1ccc2scnc2c1. The third-order valence-corrected chi connectivity index (χ3v) is 3.80. The molecule has 0 radical (unpaired) electrons. The van der Waals surface area contributed by atoms with Gasteiger partial charge in [0.05, 0.1) is 21.6 Å². The summed E-state index contributed by atoms with van der Waals surface area (Å²) in [5.74, 6) is -1.50. The zero-order valence-electron chi connectivity index (χ0n) is 8.16. The first-order chi connectivity index (χ1) is 7.55. The standard InChI is InChI=1S/C11H8F3NS/c12-11(13,14)8-4-7(8)6-1-2-10-9(3-6)15-5-16-10/h1-3,5,7-8H,4H2. The predicted molar refractivity (Wildman–Crippen MR) is 56.5 cm³/mol. The van der Waals surface area contributed by atoms with Crippen molar-refractivity contribution in [3.8, 4) is 0 Å². The van der Waals surface area contributed by atoms with Crippen LogP contribution in [0.5, 0.6) is 0 Å². The van der Waals surface area contributed by atoms with Gasteiger partial charge in [-0.25, -0.2) is 4.98 Å². The van der Waals surface area contributed by atoms with Crippen molar-refractivity contribution in [3.05, 3.63) is 29.3 Å². The normalized spacial score (nSPS) is 24.9. The van der Waals surface area contributed by atoms with E-state index in [0.717, 1.165) is 15.8 Å². The van der Waals surface area contributed by atoms with E-state index in [9.17, 15) is 13.2 Å². The van der Waals surface area contributed by atoms with Gasteiger partial charge in [0.15, 0.2) is 0 Å². The average molecular weight is 243 g/mol. The van der Waals surface area contributed by atoms with Crippen molar-refractivity contribution >= 4 is 21.6 Å². The molecule has 0 bridgehead atoms. The molecule has 1 fully saturated rings. The molecule has 0 saturated heterocycles. The number of hydrogen-bond donors (Lipinski definition) is 0. The highest BCUT2D eigenvalue weighted by atomic mass is 32.1. The Morgan fingerprint density at radius 3 is 2.81 bits per heavy atom. The number of benzene rings is 1. The highest BCUT2D eigenvalue weighted by Gasteiger charge is 2.56. The summed E-state index contributed by atoms with van der Waals surface area (Å²) < 4.78 is 38.3. The Morgan fingerprint density at radius 1 is 1.31 bits per heavy atom. The van der Waals surface area contributed by atoms with Gasteiger partial charge in [0, 0.05) is 0 Å². The molecule has 16 heavy (non-hydrogen) atoms. The Hall–Kier alpha value is -1.10. The van der Waals surface area contributed by atoms with Crippen LogP contribution in [0.25, 0.3) is 10.2 Å². The molecule has 0 spiro atoms. The maximum absolute atomic E-state index is 12.4. The summed E-state index contributed by atoms with van der Waals surface area (Å²) in [6.07, 6.45) is -3.83. The number of thiazole rings is 1. The molecule has 0 N–H and O–H groups in total. The molecule has 2 atom stereocenters. The number of hydrogen-bond acceptors (Lipinski definition) is 2. The van der Waals surface area contributed by atoms with Crippen LogP contribution in [0.15, 0.2) is 23.7 Å². The average Bonchev–Trinajstić information content (AvgIpc) is 2.89. The van der Waals surface area contributed by atoms with Gasteiger partial charge in [0.25, 0.3) is 0 Å². The van der Waals surface area contributed by atoms with Crippen LogP contribution in [0.2, 0.25) is 0 Å². The Labute approximate surface area is 93.9 Å². The van der Waals surface area contributed by atoms with Gasteiger partial charge in [0.2, 0.25) is 0 Å². The van der Waals surface area contributed by atoms with Crippen molar-refractivity contribution in [2.75, 3.05) is 0 Å². The molecular formula is C11H8F3NS. The summed E-state index contributed by atoms with van der Waals surface area (Å²) in [7, 11) is 0. The van der Waals surface area contributed by atoms with Crippen LogP contribution < -0.4 is 0 Å². The van der Waals surface area contributed by atoms with Crippen molar-refractivity contribution in [2.45, 2.75) is 18.5 Å². The Morgan fingerprint density at radius 2 is 2.12 bits per heavy atom. The van der Waals surface area contributed by atoms with E-state index in [1.54, 1.807) is 17.6 Å². The van der Waals surface area contributed by atoms with Gasteiger partial charge in [-0.1, -0.05) is 6.07 Å². The van der Waals surface area contributed by atoms with E-state index in [2.05, 4.69) is 4.98 Å². The Balaban J connectivity index is 1.91. The van der Waals surface area contributed by atoms with Gasteiger partial charge < -0.3 is 0 Å². The van der Waals surface area contributed by atoms with Crippen molar-refractivity contribution in [1.82, 2.24) is 4.98 Å². The summed E-state index contributed by atoms with van der Waals surface area (Å²) in [5.41, 5.74) is 3.28. The second kappa shape index (κ2) is 3.20. The number of aromatic nitrogens is 1. The first-order valence-corrected chi connectivity index (χ1v) is 5.83. The Bertz CT molecular complexity index is 531. The summed E-state index contributed by atoms with van der Waals surface area (Å²) in [5, 5.41) is 0. The van der Waals surface area contributed by atoms with E-state index in [0.29, 0.717) is 0 Å². The fourth-order valence-corrected chi connectivity index (χ4v) is 2.69. The first kappa shape index (κ1) is 10.1. The lowest BCUT2D eigenvalue weighted by molar-refractivity contribution is -0.148. The maximum Gasteiger partial charge on any atom is 0.392 e. The molecule has 1 aliphatic carbocycles. The maximum atomic E-state index is 12.4. The van der Waals surface area contributed by atoms with Crippen molar-refractivity contribution in [1.29, 1.82) is 0 Å². The minimum Gasteiger partial charge on any atom is -0.245 e. The molecule has 1 aromatic carbocycles. The van der Waals surface area contributed by atoms with E-state index < -0.39 is 12.1 Å². The molecule has 3 rings (SSSR count). The molecular weight excluding hydrogens is 235 g/mol. The molecule has 0 aliphatic heterocycles. The number of rotatable bonds is 1. The third-order valence-electron chi connectivity index (χ3n) is 2.99. The van der Waals surface area contributed by atoms with Gasteiger partial charge in [-0.3, -0.25) is 0 Å². The minimum absolute atomic E-state index is 0.221. The molecule has 0 amide bonds. The Kier molecular flexibility index (Phi) is 2.01. The van der Waals surface area contributed by atoms with E-state index in [-0.39, 0.29) is 12.3 Å². The summed E-state index contributed by atoms with van der Waals surface area (Å²) >= 11 is 1.50. The molecule has 5 heteroatoms. The largest absolute Gasteiger partial charge is 0.392 e. The highest BCUT2D eigenvalue weighted by molar-refractivity contribution is 7.16. The summed E-state index contributed by atoms with van der Waals surface area (Å²) in [6.45, 7) is 0. The molecule has 84 valence electrons. The van der Waals surface area contributed by atoms with Crippen LogP contribution in [-0.4, -0.2) is 11.2 Å². The lowest BCUT2D eigenvalue weighted by atomic mass is 10.1. The van der Waals surface area contributed by atoms with Crippen LogP contribution >= 0.6 is 11.3 Å². The van der Waals surface area contributed by atoms with E-state index in [1.807, 2.05) is 6.07 Å². The topological polar surface area (TPSA) is 12.9 Å². The molecule has 1 aromatic heterocycles. The van der Waals surface area contributed by atoms with Gasteiger partial charge in [0.1, 0.15) is 0 Å². The van der Waals surface area contributed by atoms with E-state index in [4.69, 9.17) is 0 Å². The monoisotopic (exact) mass is 243 g/mol. The van der Waals surface area contributed by atoms with Crippen LogP contribution in [0, 0.1) is 5.92 Å². The number of halogens is 3. The summed E-state index contributed by atoms with van der Waals surface area (Å²) in [4.78, 5) is 4.11. The first-order valence-electron chi connectivity index (χ1n) is 4.95. The predicted octanol–water partition coefficient (Wildman–Crippen LogP) is 3.96. The van der Waals surface area contributed by atoms with Crippen LogP contribution in [-0.2, 0) is 0 Å². The van der Waals surface area contributed by atoms with Crippen molar-refractivity contribution in [2.24, 2.45) is 5.92 Å². The molecule has 1 saturated carbocycles. The van der Waals surface area contributed by atoms with E-state index in [1.165, 1.54) is 11.3 Å². The number of alkyl halides is 3. The van der Waals surface area contributed by atoms with Crippen LogP contribution in [0.3, 0.4) is 0 Å². The minimum atomic E-state index is -4.05. The van der Waals surface area contributed by atoms with Gasteiger partial charge in [-0.2, -0.15) is 13.2 Å². The zero-order chi connectivity index (χ0) is 11.3. The fraction of sp³-hybridized carbons (Fsp3) is 0.364. The lowest BCUT2D eigenvalue weighted by Crippen LogP contribution is -2.11. The quantitative estimate of drug-likeness (QED) is 0.738. The second-order valence-electron chi connectivity index (χ2n) is 4.07. The second-order valence-corrected chi connectivity index (χ2v) is 4.96. The smallest absolute Gasteiger partial charge is 0.245 e. The number of fused-ring (bicyclic) bond motifs is 1. The van der Waals surface area contributed by atoms with Crippen molar-refractivity contribution < 1.29 is 13.2 Å². The van der Waals surface area contributed by atoms with Gasteiger partial charge in [-0.15, -0.1) is 11.3 Å². The molecule has 1 nitrogen and oxygen atoms in total. The number of nitrogens with zero attached hydrogens (tertiary/aromatic N) is 1. The lowest BCUT2D eigenvalue weighted by Gasteiger charge is -2.05. The van der Waals surface area contributed by atoms with Crippen LogP contribution in [0.4, 0.5) is 13.2 Å². The van der Waals surface area contributed by atoms with Crippen LogP contribution in [0.1, 0.15) is 17.9 Å². The van der Waals surface area contributed by atoms with Gasteiger partial charge >= 0.3 is 6.18 Å². The molecule has 1 aliphatic rings. The zero-order valence-corrected chi connectivity index (χ0v) is 8.98. The molecule has 1 heterocycles. The molecule has 2 unspecified atom stereocenters. The summed E-state index contributed by atoms with van der Waals surface area (Å²) in [6, 6.07) is 5.42. The van der Waals surface area contributed by atoms with E-state index >= 15 is 0 Å². The fourth-order valence-electron chi connectivity index (χ4n) is 2.03. The van der Waals surface area contributed by atoms with Gasteiger partial charge in [-0.05, 0) is 30.0 Å². The highest BCUT2D eigenvalue weighted by Crippen LogP contribution is 2.56. The van der Waals surface area contributed by atoms with Crippen molar-refractivity contribution in [3.63, 3.8) is 0 Å². The third kappa shape index (κ3) is 1.59.